The summed E-state index contributed by atoms with van der Waals surface area (Å²) in [5.74, 6) is 0.327. The fourth-order valence-electron chi connectivity index (χ4n) is 4.32. The topological polar surface area (TPSA) is 23.5 Å². The van der Waals surface area contributed by atoms with Gasteiger partial charge >= 0.3 is 0 Å². The molecule has 0 spiro atoms. The van der Waals surface area contributed by atoms with Crippen LogP contribution in [0, 0.1) is 0 Å². The Morgan fingerprint density at radius 3 is 2.55 bits per heavy atom. The SMILES string of the molecule is OC1(C2CN(C3CC3)Cc3ccccc32)CCCCC1. The van der Waals surface area contributed by atoms with Crippen LogP contribution in [0.1, 0.15) is 62.0 Å². The van der Waals surface area contributed by atoms with Crippen LogP contribution in [0.5, 0.6) is 0 Å². The van der Waals surface area contributed by atoms with Gasteiger partial charge in [0.25, 0.3) is 0 Å². The van der Waals surface area contributed by atoms with Crippen LogP contribution in [0.3, 0.4) is 0 Å². The predicted octanol–water partition coefficient (Wildman–Crippen LogP) is 3.44. The maximum Gasteiger partial charge on any atom is 0.0728 e. The van der Waals surface area contributed by atoms with Crippen molar-refractivity contribution < 1.29 is 5.11 Å². The minimum atomic E-state index is -0.456. The molecule has 1 N–H and O–H groups in total. The van der Waals surface area contributed by atoms with Crippen molar-refractivity contribution >= 4 is 0 Å². The molecule has 0 bridgehead atoms. The van der Waals surface area contributed by atoms with Gasteiger partial charge in [-0.05, 0) is 36.8 Å². The average Bonchev–Trinajstić information content (AvgIpc) is 3.31. The number of hydrogen-bond acceptors (Lipinski definition) is 2. The third kappa shape index (κ3) is 2.19. The van der Waals surface area contributed by atoms with Gasteiger partial charge in [-0.1, -0.05) is 43.5 Å². The molecule has 108 valence electrons. The van der Waals surface area contributed by atoms with Crippen molar-refractivity contribution in [3.8, 4) is 0 Å². The van der Waals surface area contributed by atoms with E-state index in [2.05, 4.69) is 29.2 Å². The molecule has 3 aliphatic rings. The first kappa shape index (κ1) is 12.8. The summed E-state index contributed by atoms with van der Waals surface area (Å²) in [7, 11) is 0. The molecule has 2 fully saturated rings. The molecule has 1 atom stereocenters. The molecular formula is C18H25NO. The Kier molecular flexibility index (Phi) is 3.12. The van der Waals surface area contributed by atoms with Crippen molar-refractivity contribution in [3.63, 3.8) is 0 Å². The Morgan fingerprint density at radius 1 is 1.05 bits per heavy atom. The fraction of sp³-hybridized carbons (Fsp3) is 0.667. The molecule has 2 aliphatic carbocycles. The minimum absolute atomic E-state index is 0.327. The van der Waals surface area contributed by atoms with Crippen LogP contribution in [-0.4, -0.2) is 28.2 Å². The molecular weight excluding hydrogens is 246 g/mol. The van der Waals surface area contributed by atoms with Crippen molar-refractivity contribution in [2.75, 3.05) is 6.54 Å². The summed E-state index contributed by atoms with van der Waals surface area (Å²) < 4.78 is 0. The van der Waals surface area contributed by atoms with Gasteiger partial charge in [-0.2, -0.15) is 0 Å². The number of fused-ring (bicyclic) bond motifs is 1. The van der Waals surface area contributed by atoms with E-state index in [0.29, 0.717) is 5.92 Å². The first-order valence-corrected chi connectivity index (χ1v) is 8.30. The van der Waals surface area contributed by atoms with Crippen LogP contribution >= 0.6 is 0 Å². The van der Waals surface area contributed by atoms with Gasteiger partial charge < -0.3 is 5.11 Å². The van der Waals surface area contributed by atoms with Gasteiger partial charge in [-0.25, -0.2) is 0 Å². The summed E-state index contributed by atoms with van der Waals surface area (Å²) in [6, 6.07) is 9.61. The van der Waals surface area contributed by atoms with E-state index in [-0.39, 0.29) is 0 Å². The van der Waals surface area contributed by atoms with E-state index in [9.17, 15) is 5.11 Å². The highest BCUT2D eigenvalue weighted by atomic mass is 16.3. The maximum atomic E-state index is 11.2. The summed E-state index contributed by atoms with van der Waals surface area (Å²) in [6.45, 7) is 2.16. The molecule has 20 heavy (non-hydrogen) atoms. The molecule has 4 rings (SSSR count). The first-order valence-electron chi connectivity index (χ1n) is 8.30. The van der Waals surface area contributed by atoms with E-state index in [1.165, 1.54) is 43.2 Å². The highest BCUT2D eigenvalue weighted by Crippen LogP contribution is 2.45. The van der Waals surface area contributed by atoms with E-state index in [1.807, 2.05) is 0 Å². The van der Waals surface area contributed by atoms with E-state index in [1.54, 1.807) is 0 Å². The molecule has 1 aromatic rings. The fourth-order valence-corrected chi connectivity index (χ4v) is 4.32. The van der Waals surface area contributed by atoms with Gasteiger partial charge in [0, 0.05) is 25.0 Å². The monoisotopic (exact) mass is 271 g/mol. The zero-order valence-electron chi connectivity index (χ0n) is 12.2. The smallest absolute Gasteiger partial charge is 0.0728 e. The minimum Gasteiger partial charge on any atom is -0.389 e. The van der Waals surface area contributed by atoms with Crippen molar-refractivity contribution in [1.29, 1.82) is 0 Å². The second-order valence-corrected chi connectivity index (χ2v) is 7.08. The average molecular weight is 271 g/mol. The zero-order chi connectivity index (χ0) is 13.6. The standard InChI is InChI=1S/C18H25NO/c20-18(10-4-1-5-11-18)17-13-19(15-8-9-15)12-14-6-2-3-7-16(14)17/h2-3,6-7,15,17,20H,1,4-5,8-13H2. The van der Waals surface area contributed by atoms with Gasteiger partial charge in [0.05, 0.1) is 5.60 Å². The van der Waals surface area contributed by atoms with Crippen LogP contribution in [-0.2, 0) is 6.54 Å². The number of rotatable bonds is 2. The number of nitrogens with zero attached hydrogens (tertiary/aromatic N) is 1. The Bertz CT molecular complexity index is 488. The Labute approximate surface area is 121 Å². The summed E-state index contributed by atoms with van der Waals surface area (Å²) >= 11 is 0. The summed E-state index contributed by atoms with van der Waals surface area (Å²) in [5, 5.41) is 11.2. The number of benzene rings is 1. The van der Waals surface area contributed by atoms with Gasteiger partial charge in [-0.3, -0.25) is 4.90 Å². The molecule has 1 unspecified atom stereocenters. The van der Waals surface area contributed by atoms with Crippen molar-refractivity contribution in [3.05, 3.63) is 35.4 Å². The van der Waals surface area contributed by atoms with Crippen molar-refractivity contribution in [2.45, 2.75) is 69.1 Å². The number of hydrogen-bond donors (Lipinski definition) is 1. The highest BCUT2D eigenvalue weighted by Gasteiger charge is 2.44. The lowest BCUT2D eigenvalue weighted by molar-refractivity contribution is -0.0364. The molecule has 0 aromatic heterocycles. The molecule has 1 heterocycles. The molecule has 1 aromatic carbocycles. The van der Waals surface area contributed by atoms with Crippen molar-refractivity contribution in [1.82, 2.24) is 4.90 Å². The lowest BCUT2D eigenvalue weighted by Crippen LogP contribution is -2.47. The predicted molar refractivity (Wildman–Crippen MR) is 80.6 cm³/mol. The van der Waals surface area contributed by atoms with Gasteiger partial charge in [-0.15, -0.1) is 0 Å². The van der Waals surface area contributed by atoms with Crippen molar-refractivity contribution in [2.24, 2.45) is 0 Å². The summed E-state index contributed by atoms with van der Waals surface area (Å²) in [4.78, 5) is 2.62. The highest BCUT2D eigenvalue weighted by molar-refractivity contribution is 5.35. The molecule has 2 heteroatoms. The third-order valence-corrected chi connectivity index (χ3v) is 5.65. The Hall–Kier alpha value is -0.860. The van der Waals surface area contributed by atoms with Crippen LogP contribution in [0.25, 0.3) is 0 Å². The van der Waals surface area contributed by atoms with Crippen LogP contribution in [0.15, 0.2) is 24.3 Å². The quantitative estimate of drug-likeness (QED) is 0.890. The molecule has 0 saturated heterocycles. The zero-order valence-corrected chi connectivity index (χ0v) is 12.2. The first-order chi connectivity index (χ1) is 9.76. The molecule has 0 amide bonds. The second-order valence-electron chi connectivity index (χ2n) is 7.08. The largest absolute Gasteiger partial charge is 0.389 e. The maximum absolute atomic E-state index is 11.2. The summed E-state index contributed by atoms with van der Waals surface area (Å²) in [5.41, 5.74) is 2.42. The van der Waals surface area contributed by atoms with E-state index in [4.69, 9.17) is 0 Å². The molecule has 2 saturated carbocycles. The van der Waals surface area contributed by atoms with Crippen LogP contribution in [0.2, 0.25) is 0 Å². The molecule has 1 aliphatic heterocycles. The molecule has 0 radical (unpaired) electrons. The van der Waals surface area contributed by atoms with Gasteiger partial charge in [0.2, 0.25) is 0 Å². The Morgan fingerprint density at radius 2 is 1.80 bits per heavy atom. The Balaban J connectivity index is 1.69. The second kappa shape index (κ2) is 4.85. The summed E-state index contributed by atoms with van der Waals surface area (Å²) in [6.07, 6.45) is 8.37. The normalized spacial score (nSPS) is 29.9. The lowest BCUT2D eigenvalue weighted by atomic mass is 9.70. The molecule has 2 nitrogen and oxygen atoms in total. The van der Waals surface area contributed by atoms with E-state index in [0.717, 1.165) is 32.0 Å². The lowest BCUT2D eigenvalue weighted by Gasteiger charge is -2.45. The van der Waals surface area contributed by atoms with E-state index >= 15 is 0 Å². The third-order valence-electron chi connectivity index (χ3n) is 5.65. The van der Waals surface area contributed by atoms with E-state index < -0.39 is 5.60 Å². The number of aliphatic hydroxyl groups is 1. The van der Waals surface area contributed by atoms with Gasteiger partial charge in [0.1, 0.15) is 0 Å². The van der Waals surface area contributed by atoms with Crippen LogP contribution < -0.4 is 0 Å². The van der Waals surface area contributed by atoms with Gasteiger partial charge in [0.15, 0.2) is 0 Å². The van der Waals surface area contributed by atoms with Crippen LogP contribution in [0.4, 0.5) is 0 Å².